The van der Waals surface area contributed by atoms with Gasteiger partial charge in [0.05, 0.1) is 4.90 Å². The van der Waals surface area contributed by atoms with E-state index in [4.69, 9.17) is 4.74 Å². The predicted molar refractivity (Wildman–Crippen MR) is 157 cm³/mol. The second kappa shape index (κ2) is 12.5. The lowest BCUT2D eigenvalue weighted by atomic mass is 10.1. The largest absolute Gasteiger partial charge is 0.489 e. The van der Waals surface area contributed by atoms with Crippen molar-refractivity contribution in [2.45, 2.75) is 25.0 Å². The van der Waals surface area contributed by atoms with Crippen LogP contribution in [0.3, 0.4) is 0 Å². The third-order valence-corrected chi connectivity index (χ3v) is 8.86. The van der Waals surface area contributed by atoms with Gasteiger partial charge < -0.3 is 10.1 Å². The third-order valence-electron chi connectivity index (χ3n) is 6.95. The van der Waals surface area contributed by atoms with Crippen LogP contribution < -0.4 is 10.1 Å². The molecule has 40 heavy (non-hydrogen) atoms. The number of anilines is 1. The van der Waals surface area contributed by atoms with Crippen LogP contribution in [-0.4, -0.2) is 49.7 Å². The predicted octanol–water partition coefficient (Wildman–Crippen LogP) is 5.33. The number of sulfonamides is 1. The highest BCUT2D eigenvalue weighted by molar-refractivity contribution is 7.89. The second-order valence-electron chi connectivity index (χ2n) is 9.95. The molecule has 7 nitrogen and oxygen atoms in total. The van der Waals surface area contributed by atoms with Crippen LogP contribution in [0.25, 0.3) is 0 Å². The van der Waals surface area contributed by atoms with Crippen molar-refractivity contribution >= 4 is 21.6 Å². The summed E-state index contributed by atoms with van der Waals surface area (Å²) in [7, 11) is -3.50. The van der Waals surface area contributed by atoms with E-state index < -0.39 is 10.0 Å². The summed E-state index contributed by atoms with van der Waals surface area (Å²) in [6, 6.07) is 31.8. The molecule has 0 saturated carbocycles. The lowest BCUT2D eigenvalue weighted by Crippen LogP contribution is -2.48. The summed E-state index contributed by atoms with van der Waals surface area (Å²) in [4.78, 5) is 15.5. The molecule has 1 aliphatic heterocycles. The minimum Gasteiger partial charge on any atom is -0.489 e. The van der Waals surface area contributed by atoms with Crippen LogP contribution in [0.1, 0.15) is 27.0 Å². The highest BCUT2D eigenvalue weighted by Gasteiger charge is 2.28. The van der Waals surface area contributed by atoms with Crippen molar-refractivity contribution in [1.29, 1.82) is 0 Å². The SMILES string of the molecule is Cc1ccc(S(=O)(=O)N2CCN(Cc3cccc(C(=O)Nc4ccc(OCc5ccccc5)cc4)c3)CC2)cc1. The topological polar surface area (TPSA) is 79.0 Å². The van der Waals surface area contributed by atoms with E-state index in [1.807, 2.05) is 91.9 Å². The molecule has 0 atom stereocenters. The first-order chi connectivity index (χ1) is 19.4. The lowest BCUT2D eigenvalue weighted by Gasteiger charge is -2.34. The zero-order valence-electron chi connectivity index (χ0n) is 22.5. The van der Waals surface area contributed by atoms with E-state index in [0.29, 0.717) is 55.5 Å². The van der Waals surface area contributed by atoms with E-state index in [0.717, 1.165) is 22.4 Å². The minimum atomic E-state index is -3.50. The number of carbonyl (C=O) groups is 1. The Morgan fingerprint density at radius 3 is 2.17 bits per heavy atom. The normalized spacial score (nSPS) is 14.5. The molecule has 1 fully saturated rings. The summed E-state index contributed by atoms with van der Waals surface area (Å²) in [6.45, 7) is 5.18. The van der Waals surface area contributed by atoms with Gasteiger partial charge in [-0.1, -0.05) is 60.2 Å². The number of carbonyl (C=O) groups excluding carboxylic acids is 1. The molecule has 0 aromatic heterocycles. The van der Waals surface area contributed by atoms with E-state index in [1.54, 1.807) is 22.5 Å². The van der Waals surface area contributed by atoms with Gasteiger partial charge in [0.1, 0.15) is 12.4 Å². The fourth-order valence-electron chi connectivity index (χ4n) is 4.64. The van der Waals surface area contributed by atoms with Crippen LogP contribution in [0.15, 0.2) is 108 Å². The number of ether oxygens (including phenoxy) is 1. The van der Waals surface area contributed by atoms with E-state index in [1.165, 1.54) is 0 Å². The number of hydrogen-bond donors (Lipinski definition) is 1. The Labute approximate surface area is 236 Å². The first kappa shape index (κ1) is 27.6. The van der Waals surface area contributed by atoms with Gasteiger partial charge in [0.25, 0.3) is 5.91 Å². The summed E-state index contributed by atoms with van der Waals surface area (Å²) >= 11 is 0. The van der Waals surface area contributed by atoms with Crippen molar-refractivity contribution in [3.8, 4) is 5.75 Å². The van der Waals surface area contributed by atoms with E-state index in [2.05, 4.69) is 10.2 Å². The van der Waals surface area contributed by atoms with Gasteiger partial charge in [-0.05, 0) is 66.6 Å². The molecule has 4 aromatic carbocycles. The second-order valence-corrected chi connectivity index (χ2v) is 11.9. The Bertz CT molecular complexity index is 1530. The summed E-state index contributed by atoms with van der Waals surface area (Å²) in [5, 5.41) is 2.95. The van der Waals surface area contributed by atoms with Gasteiger partial charge in [-0.25, -0.2) is 8.42 Å². The summed E-state index contributed by atoms with van der Waals surface area (Å²) < 4.78 is 33.4. The van der Waals surface area contributed by atoms with Crippen molar-refractivity contribution in [2.24, 2.45) is 0 Å². The van der Waals surface area contributed by atoms with Crippen LogP contribution >= 0.6 is 0 Å². The fourth-order valence-corrected chi connectivity index (χ4v) is 6.06. The molecule has 0 spiro atoms. The Hall–Kier alpha value is -3.98. The molecule has 1 heterocycles. The van der Waals surface area contributed by atoms with Crippen LogP contribution in [0, 0.1) is 6.92 Å². The average molecular weight is 556 g/mol. The van der Waals surface area contributed by atoms with Gasteiger partial charge in [-0.3, -0.25) is 9.69 Å². The molecule has 206 valence electrons. The maximum absolute atomic E-state index is 13.0. The maximum Gasteiger partial charge on any atom is 0.255 e. The number of rotatable bonds is 9. The summed E-state index contributed by atoms with van der Waals surface area (Å²) in [5.41, 5.74) is 4.39. The third kappa shape index (κ3) is 6.96. The van der Waals surface area contributed by atoms with Crippen molar-refractivity contribution in [3.05, 3.63) is 125 Å². The van der Waals surface area contributed by atoms with Crippen molar-refractivity contribution in [2.75, 3.05) is 31.5 Å². The molecule has 1 aliphatic rings. The molecular formula is C32H33N3O4S. The van der Waals surface area contributed by atoms with E-state index in [-0.39, 0.29) is 5.91 Å². The van der Waals surface area contributed by atoms with Crippen LogP contribution in [0.2, 0.25) is 0 Å². The number of nitrogens with zero attached hydrogens (tertiary/aromatic N) is 2. The summed E-state index contributed by atoms with van der Waals surface area (Å²) in [6.07, 6.45) is 0. The van der Waals surface area contributed by atoms with Gasteiger partial charge in [0, 0.05) is 44.0 Å². The van der Waals surface area contributed by atoms with E-state index in [9.17, 15) is 13.2 Å². The average Bonchev–Trinajstić information content (AvgIpc) is 2.98. The standard InChI is InChI=1S/C32H33N3O4S/c1-25-10-16-31(17-11-25)40(37,38)35-20-18-34(19-21-35)23-27-8-5-9-28(22-27)32(36)33-29-12-14-30(15-13-29)39-24-26-6-3-2-4-7-26/h2-17,22H,18-21,23-24H2,1H3,(H,33,36). The van der Waals surface area contributed by atoms with Crippen LogP contribution in [-0.2, 0) is 23.2 Å². The van der Waals surface area contributed by atoms with Gasteiger partial charge in [-0.2, -0.15) is 4.31 Å². The van der Waals surface area contributed by atoms with Crippen LogP contribution in [0.4, 0.5) is 5.69 Å². The first-order valence-electron chi connectivity index (χ1n) is 13.3. The number of piperazine rings is 1. The van der Waals surface area contributed by atoms with Gasteiger partial charge in [-0.15, -0.1) is 0 Å². The smallest absolute Gasteiger partial charge is 0.255 e. The Kier molecular flexibility index (Phi) is 8.60. The number of nitrogens with one attached hydrogen (secondary N) is 1. The monoisotopic (exact) mass is 555 g/mol. The number of hydrogen-bond acceptors (Lipinski definition) is 5. The first-order valence-corrected chi connectivity index (χ1v) is 14.8. The minimum absolute atomic E-state index is 0.186. The molecule has 0 aliphatic carbocycles. The fraction of sp³-hybridized carbons (Fsp3) is 0.219. The van der Waals surface area contributed by atoms with Crippen molar-refractivity contribution < 1.29 is 17.9 Å². The molecular weight excluding hydrogens is 522 g/mol. The molecule has 0 bridgehead atoms. The quantitative estimate of drug-likeness (QED) is 0.302. The molecule has 1 amide bonds. The van der Waals surface area contributed by atoms with Crippen molar-refractivity contribution in [1.82, 2.24) is 9.21 Å². The zero-order chi connectivity index (χ0) is 28.0. The Balaban J connectivity index is 1.13. The molecule has 0 radical (unpaired) electrons. The highest BCUT2D eigenvalue weighted by Crippen LogP contribution is 2.21. The highest BCUT2D eigenvalue weighted by atomic mass is 32.2. The molecule has 0 unspecified atom stereocenters. The number of benzene rings is 4. The molecule has 5 rings (SSSR count). The van der Waals surface area contributed by atoms with Crippen molar-refractivity contribution in [3.63, 3.8) is 0 Å². The summed E-state index contributed by atoms with van der Waals surface area (Å²) in [5.74, 6) is 0.546. The van der Waals surface area contributed by atoms with Gasteiger partial charge in [0.15, 0.2) is 0 Å². The Morgan fingerprint density at radius 2 is 1.48 bits per heavy atom. The number of aryl methyl sites for hydroxylation is 1. The van der Waals surface area contributed by atoms with E-state index >= 15 is 0 Å². The van der Waals surface area contributed by atoms with Gasteiger partial charge in [0.2, 0.25) is 10.0 Å². The lowest BCUT2D eigenvalue weighted by molar-refractivity contribution is 0.102. The van der Waals surface area contributed by atoms with Gasteiger partial charge >= 0.3 is 0 Å². The Morgan fingerprint density at radius 1 is 0.800 bits per heavy atom. The maximum atomic E-state index is 13.0. The molecule has 8 heteroatoms. The van der Waals surface area contributed by atoms with Crippen LogP contribution in [0.5, 0.6) is 5.75 Å². The molecule has 4 aromatic rings. The molecule has 1 N–H and O–H groups in total. The number of amides is 1. The zero-order valence-corrected chi connectivity index (χ0v) is 23.3. The molecule has 1 saturated heterocycles.